The highest BCUT2D eigenvalue weighted by atomic mass is 16.2. The molecule has 2 fully saturated rings. The van der Waals surface area contributed by atoms with Crippen molar-refractivity contribution in [2.24, 2.45) is 5.92 Å². The summed E-state index contributed by atoms with van der Waals surface area (Å²) in [6.45, 7) is 8.96. The predicted octanol–water partition coefficient (Wildman–Crippen LogP) is 3.50. The lowest BCUT2D eigenvalue weighted by Crippen LogP contribution is -2.41. The number of hydrogen-bond donors (Lipinski definition) is 0. The van der Waals surface area contributed by atoms with Crippen molar-refractivity contribution in [1.29, 1.82) is 0 Å². The highest BCUT2D eigenvalue weighted by Crippen LogP contribution is 2.32. The van der Waals surface area contributed by atoms with Gasteiger partial charge in [-0.1, -0.05) is 0 Å². The van der Waals surface area contributed by atoms with Crippen LogP contribution < -0.4 is 0 Å². The number of amides is 1. The highest BCUT2D eigenvalue weighted by molar-refractivity contribution is 5.95. The van der Waals surface area contributed by atoms with Gasteiger partial charge in [0.25, 0.3) is 5.91 Å². The number of likely N-dealkylation sites (tertiary alicyclic amines) is 1. The Kier molecular flexibility index (Phi) is 4.18. The van der Waals surface area contributed by atoms with Crippen LogP contribution >= 0.6 is 0 Å². The summed E-state index contributed by atoms with van der Waals surface area (Å²) in [7, 11) is 0. The molecule has 1 aliphatic carbocycles. The maximum absolute atomic E-state index is 13.2. The molecule has 1 aliphatic heterocycles. The van der Waals surface area contributed by atoms with Crippen LogP contribution in [0, 0.1) is 26.7 Å². The minimum Gasteiger partial charge on any atom is -0.348 e. The van der Waals surface area contributed by atoms with Crippen molar-refractivity contribution in [2.75, 3.05) is 13.1 Å². The van der Waals surface area contributed by atoms with Gasteiger partial charge in [0.1, 0.15) is 0 Å². The summed E-state index contributed by atoms with van der Waals surface area (Å²) in [6, 6.07) is 2.38. The quantitative estimate of drug-likeness (QED) is 0.855. The van der Waals surface area contributed by atoms with E-state index in [1.54, 1.807) is 0 Å². The number of nitrogens with zero attached hydrogens (tertiary/aromatic N) is 4. The van der Waals surface area contributed by atoms with Crippen molar-refractivity contribution in [3.05, 3.63) is 41.0 Å². The van der Waals surface area contributed by atoms with Crippen molar-refractivity contribution < 1.29 is 4.79 Å². The Morgan fingerprint density at radius 1 is 1.24 bits per heavy atom. The monoisotopic (exact) mass is 340 g/mol. The molecule has 4 rings (SSSR count). The number of aromatic nitrogens is 3. The van der Waals surface area contributed by atoms with Gasteiger partial charge in [-0.3, -0.25) is 9.48 Å². The first kappa shape index (κ1) is 16.4. The molecule has 134 valence electrons. The smallest absolute Gasteiger partial charge is 0.255 e. The highest BCUT2D eigenvalue weighted by Gasteiger charge is 2.29. The van der Waals surface area contributed by atoms with Crippen LogP contribution in [-0.2, 0) is 6.54 Å². The zero-order chi connectivity index (χ0) is 17.6. The second-order valence-corrected chi connectivity index (χ2v) is 7.88. The zero-order valence-corrected chi connectivity index (χ0v) is 15.5. The fourth-order valence-electron chi connectivity index (χ4n) is 4.02. The number of rotatable bonds is 4. The molecule has 0 radical (unpaired) electrons. The van der Waals surface area contributed by atoms with Crippen LogP contribution in [0.4, 0.5) is 0 Å². The lowest BCUT2D eigenvalue weighted by Gasteiger charge is -2.33. The first-order chi connectivity index (χ1) is 12.0. The summed E-state index contributed by atoms with van der Waals surface area (Å²) in [4.78, 5) is 15.2. The maximum Gasteiger partial charge on any atom is 0.255 e. The Balaban J connectivity index is 1.52. The van der Waals surface area contributed by atoms with E-state index in [-0.39, 0.29) is 5.91 Å². The summed E-state index contributed by atoms with van der Waals surface area (Å²) in [6.07, 6.45) is 8.77. The Morgan fingerprint density at radius 2 is 2.04 bits per heavy atom. The van der Waals surface area contributed by atoms with Crippen LogP contribution in [0.3, 0.4) is 0 Å². The van der Waals surface area contributed by atoms with Crippen molar-refractivity contribution in [1.82, 2.24) is 19.2 Å². The Labute approximate surface area is 149 Å². The molecule has 0 spiro atoms. The van der Waals surface area contributed by atoms with E-state index in [0.29, 0.717) is 6.04 Å². The molecular weight excluding hydrogens is 312 g/mol. The SMILES string of the molecule is Cc1cnn([C@H]2CCCN(C(=O)c3cc(C)n(CC4CC4)c3C)C2)c1. The van der Waals surface area contributed by atoms with E-state index in [0.717, 1.165) is 49.7 Å². The fourth-order valence-corrected chi connectivity index (χ4v) is 4.02. The summed E-state index contributed by atoms with van der Waals surface area (Å²) in [5, 5.41) is 4.46. The minimum absolute atomic E-state index is 0.184. The Morgan fingerprint density at radius 3 is 2.72 bits per heavy atom. The molecule has 1 saturated heterocycles. The van der Waals surface area contributed by atoms with Crippen molar-refractivity contribution in [3.63, 3.8) is 0 Å². The van der Waals surface area contributed by atoms with E-state index in [9.17, 15) is 4.79 Å². The summed E-state index contributed by atoms with van der Waals surface area (Å²) in [5.74, 6) is 0.999. The average molecular weight is 340 g/mol. The van der Waals surface area contributed by atoms with E-state index in [1.165, 1.54) is 24.1 Å². The third-order valence-electron chi connectivity index (χ3n) is 5.73. The third kappa shape index (κ3) is 3.24. The molecule has 5 heteroatoms. The van der Waals surface area contributed by atoms with Gasteiger partial charge in [-0.15, -0.1) is 0 Å². The van der Waals surface area contributed by atoms with E-state index in [1.807, 2.05) is 15.8 Å². The molecule has 2 aromatic rings. The van der Waals surface area contributed by atoms with Crippen LogP contribution in [0.2, 0.25) is 0 Å². The minimum atomic E-state index is 0.184. The number of piperidine rings is 1. The molecule has 0 N–H and O–H groups in total. The molecule has 0 bridgehead atoms. The number of hydrogen-bond acceptors (Lipinski definition) is 2. The molecule has 2 aromatic heterocycles. The van der Waals surface area contributed by atoms with Gasteiger partial charge in [0.05, 0.1) is 17.8 Å². The van der Waals surface area contributed by atoms with Gasteiger partial charge < -0.3 is 9.47 Å². The molecule has 0 unspecified atom stereocenters. The van der Waals surface area contributed by atoms with E-state index in [2.05, 4.69) is 42.7 Å². The Hall–Kier alpha value is -2.04. The summed E-state index contributed by atoms with van der Waals surface area (Å²) < 4.78 is 4.37. The lowest BCUT2D eigenvalue weighted by molar-refractivity contribution is 0.0672. The van der Waals surface area contributed by atoms with Crippen LogP contribution in [0.5, 0.6) is 0 Å². The largest absolute Gasteiger partial charge is 0.348 e. The van der Waals surface area contributed by atoms with E-state index in [4.69, 9.17) is 0 Å². The topological polar surface area (TPSA) is 43.1 Å². The second kappa shape index (κ2) is 6.36. The van der Waals surface area contributed by atoms with Crippen LogP contribution in [0.25, 0.3) is 0 Å². The second-order valence-electron chi connectivity index (χ2n) is 7.88. The normalized spacial score (nSPS) is 20.9. The number of carbonyl (C=O) groups is 1. The number of carbonyl (C=O) groups excluding carboxylic acids is 1. The van der Waals surface area contributed by atoms with Crippen molar-refractivity contribution in [2.45, 2.75) is 59.0 Å². The predicted molar refractivity (Wildman–Crippen MR) is 97.8 cm³/mol. The fraction of sp³-hybridized carbons (Fsp3) is 0.600. The van der Waals surface area contributed by atoms with Gasteiger partial charge in [-0.05, 0) is 64.0 Å². The third-order valence-corrected chi connectivity index (χ3v) is 5.73. The first-order valence-corrected chi connectivity index (χ1v) is 9.49. The van der Waals surface area contributed by atoms with Crippen LogP contribution in [0.1, 0.15) is 59.0 Å². The van der Waals surface area contributed by atoms with Crippen molar-refractivity contribution >= 4 is 5.91 Å². The lowest BCUT2D eigenvalue weighted by atomic mass is 10.0. The zero-order valence-electron chi connectivity index (χ0n) is 15.5. The van der Waals surface area contributed by atoms with Gasteiger partial charge in [-0.25, -0.2) is 0 Å². The maximum atomic E-state index is 13.2. The Bertz CT molecular complexity index is 784. The van der Waals surface area contributed by atoms with Crippen LogP contribution in [0.15, 0.2) is 18.5 Å². The summed E-state index contributed by atoms with van der Waals surface area (Å²) in [5.41, 5.74) is 4.40. The molecule has 1 saturated carbocycles. The van der Waals surface area contributed by atoms with E-state index >= 15 is 0 Å². The first-order valence-electron chi connectivity index (χ1n) is 9.49. The van der Waals surface area contributed by atoms with Crippen molar-refractivity contribution in [3.8, 4) is 0 Å². The molecule has 1 amide bonds. The van der Waals surface area contributed by atoms with Crippen LogP contribution in [-0.4, -0.2) is 38.2 Å². The molecule has 0 aromatic carbocycles. The molecule has 25 heavy (non-hydrogen) atoms. The van der Waals surface area contributed by atoms with Gasteiger partial charge >= 0.3 is 0 Å². The molecule has 3 heterocycles. The number of aryl methyl sites for hydroxylation is 2. The molecule has 1 atom stereocenters. The van der Waals surface area contributed by atoms with Gasteiger partial charge in [0.2, 0.25) is 0 Å². The summed E-state index contributed by atoms with van der Waals surface area (Å²) >= 11 is 0. The van der Waals surface area contributed by atoms with E-state index < -0.39 is 0 Å². The average Bonchev–Trinajstić information content (AvgIpc) is 3.27. The molecular formula is C20H28N4O. The van der Waals surface area contributed by atoms with Gasteiger partial charge in [0.15, 0.2) is 0 Å². The van der Waals surface area contributed by atoms with Gasteiger partial charge in [-0.2, -0.15) is 5.10 Å². The standard InChI is InChI=1S/C20H28N4O/c1-14-10-21-24(11-14)18-5-4-8-22(13-18)20(25)19-9-15(2)23(16(19)3)12-17-6-7-17/h9-11,17-18H,4-8,12-13H2,1-3H3/t18-/m0/s1. The van der Waals surface area contributed by atoms with Gasteiger partial charge in [0, 0.05) is 37.2 Å². The molecule has 5 nitrogen and oxygen atoms in total. The molecule has 2 aliphatic rings.